The van der Waals surface area contributed by atoms with Crippen molar-refractivity contribution in [2.75, 3.05) is 6.61 Å². The van der Waals surface area contributed by atoms with Crippen LogP contribution in [0.1, 0.15) is 45.4 Å². The fourth-order valence-corrected chi connectivity index (χ4v) is 2.58. The topological polar surface area (TPSA) is 22.1 Å². The maximum Gasteiger partial charge on any atom is 0.119 e. The molecular weight excluding hydrogens is 338 g/mol. The average molecular weight is 362 g/mol. The van der Waals surface area contributed by atoms with Crippen molar-refractivity contribution in [2.45, 2.75) is 45.4 Å². The Morgan fingerprint density at radius 1 is 0.909 bits per heavy atom. The zero-order valence-corrected chi connectivity index (χ0v) is 14.8. The highest BCUT2D eigenvalue weighted by atomic mass is 79.9. The van der Waals surface area contributed by atoms with Crippen LogP contribution in [-0.2, 0) is 0 Å². The third-order valence-electron chi connectivity index (χ3n) is 3.64. The molecule has 3 heteroatoms. The molecule has 2 nitrogen and oxygen atoms in total. The van der Waals surface area contributed by atoms with Crippen LogP contribution in [0.2, 0.25) is 0 Å². The van der Waals surface area contributed by atoms with Gasteiger partial charge in [-0.2, -0.15) is 0 Å². The Bertz CT molecular complexity index is 536. The van der Waals surface area contributed by atoms with Crippen molar-refractivity contribution in [3.63, 3.8) is 0 Å². The fraction of sp³-hybridized carbons (Fsp3) is 0.421. The van der Waals surface area contributed by atoms with E-state index >= 15 is 0 Å². The van der Waals surface area contributed by atoms with E-state index in [-0.39, 0.29) is 0 Å². The van der Waals surface area contributed by atoms with Crippen molar-refractivity contribution in [1.82, 2.24) is 4.98 Å². The van der Waals surface area contributed by atoms with Crippen LogP contribution in [0, 0.1) is 0 Å². The van der Waals surface area contributed by atoms with E-state index in [1.165, 1.54) is 32.1 Å². The number of ether oxygens (including phenoxy) is 1. The van der Waals surface area contributed by atoms with Crippen molar-refractivity contribution < 1.29 is 4.74 Å². The van der Waals surface area contributed by atoms with E-state index < -0.39 is 0 Å². The average Bonchev–Trinajstić information content (AvgIpc) is 2.55. The second-order valence-corrected chi connectivity index (χ2v) is 6.42. The molecule has 2 aromatic rings. The molecule has 0 aliphatic carbocycles. The highest BCUT2D eigenvalue weighted by molar-refractivity contribution is 9.10. The van der Waals surface area contributed by atoms with E-state index in [0.717, 1.165) is 34.5 Å². The number of hydrogen-bond acceptors (Lipinski definition) is 2. The van der Waals surface area contributed by atoms with Crippen LogP contribution >= 0.6 is 15.9 Å². The van der Waals surface area contributed by atoms with Gasteiger partial charge in [-0.25, -0.2) is 0 Å². The van der Waals surface area contributed by atoms with E-state index in [1.807, 2.05) is 30.5 Å². The molecular formula is C19H24BrNO. The Morgan fingerprint density at radius 3 is 2.32 bits per heavy atom. The third-order valence-corrected chi connectivity index (χ3v) is 4.11. The molecule has 0 bridgehead atoms. The second-order valence-electron chi connectivity index (χ2n) is 5.50. The minimum absolute atomic E-state index is 0.808. The molecule has 0 saturated heterocycles. The highest BCUT2D eigenvalue weighted by Gasteiger charge is 2.00. The van der Waals surface area contributed by atoms with Crippen LogP contribution < -0.4 is 4.74 Å². The van der Waals surface area contributed by atoms with Gasteiger partial charge in [0, 0.05) is 16.2 Å². The van der Waals surface area contributed by atoms with E-state index in [0.29, 0.717) is 0 Å². The molecule has 118 valence electrons. The number of unbranched alkanes of at least 4 members (excludes halogenated alkanes) is 5. The Hall–Kier alpha value is -1.35. The lowest BCUT2D eigenvalue weighted by molar-refractivity contribution is 0.304. The van der Waals surface area contributed by atoms with E-state index in [4.69, 9.17) is 4.74 Å². The zero-order valence-electron chi connectivity index (χ0n) is 13.2. The predicted octanol–water partition coefficient (Wildman–Crippen LogP) is 6.25. The van der Waals surface area contributed by atoms with Crippen LogP contribution in [0.25, 0.3) is 11.3 Å². The summed E-state index contributed by atoms with van der Waals surface area (Å²) in [4.78, 5) is 4.40. The largest absolute Gasteiger partial charge is 0.494 e. The first-order valence-corrected chi connectivity index (χ1v) is 8.93. The molecule has 1 aromatic carbocycles. The molecule has 0 radical (unpaired) electrons. The van der Waals surface area contributed by atoms with Gasteiger partial charge in [-0.05, 0) is 58.7 Å². The summed E-state index contributed by atoms with van der Waals surface area (Å²) in [5, 5.41) is 0. The summed E-state index contributed by atoms with van der Waals surface area (Å²) in [7, 11) is 0. The lowest BCUT2D eigenvalue weighted by Gasteiger charge is -2.07. The summed E-state index contributed by atoms with van der Waals surface area (Å²) in [6.07, 6.45) is 9.55. The Morgan fingerprint density at radius 2 is 1.64 bits per heavy atom. The van der Waals surface area contributed by atoms with Crippen LogP contribution in [0.15, 0.2) is 47.1 Å². The van der Waals surface area contributed by atoms with Gasteiger partial charge in [0.15, 0.2) is 0 Å². The smallest absolute Gasteiger partial charge is 0.119 e. The van der Waals surface area contributed by atoms with Crippen LogP contribution in [0.3, 0.4) is 0 Å². The van der Waals surface area contributed by atoms with Crippen molar-refractivity contribution in [2.24, 2.45) is 0 Å². The van der Waals surface area contributed by atoms with Gasteiger partial charge in [0.1, 0.15) is 5.75 Å². The normalized spacial score (nSPS) is 10.6. The number of halogens is 1. The van der Waals surface area contributed by atoms with Crippen LogP contribution in [-0.4, -0.2) is 11.6 Å². The molecule has 22 heavy (non-hydrogen) atoms. The summed E-state index contributed by atoms with van der Waals surface area (Å²) in [6, 6.07) is 12.2. The predicted molar refractivity (Wildman–Crippen MR) is 96.2 cm³/mol. The summed E-state index contributed by atoms with van der Waals surface area (Å²) in [5.41, 5.74) is 2.09. The minimum atomic E-state index is 0.808. The molecule has 0 saturated carbocycles. The highest BCUT2D eigenvalue weighted by Crippen LogP contribution is 2.22. The SMILES string of the molecule is CCCCCCCCOc1ccc(-c2ccc(Br)cn2)cc1. The fourth-order valence-electron chi connectivity index (χ4n) is 2.34. The van der Waals surface area contributed by atoms with Crippen LogP contribution in [0.4, 0.5) is 0 Å². The lowest BCUT2D eigenvalue weighted by atomic mass is 10.1. The Balaban J connectivity index is 1.74. The van der Waals surface area contributed by atoms with Gasteiger partial charge in [-0.15, -0.1) is 0 Å². The van der Waals surface area contributed by atoms with Gasteiger partial charge in [0.2, 0.25) is 0 Å². The maximum absolute atomic E-state index is 5.79. The van der Waals surface area contributed by atoms with Gasteiger partial charge in [-0.3, -0.25) is 4.98 Å². The number of benzene rings is 1. The third kappa shape index (κ3) is 5.80. The first-order chi connectivity index (χ1) is 10.8. The van der Waals surface area contributed by atoms with Crippen LogP contribution in [0.5, 0.6) is 5.75 Å². The first-order valence-electron chi connectivity index (χ1n) is 8.14. The molecule has 1 aromatic heterocycles. The second kappa shape index (κ2) is 9.62. The molecule has 0 fully saturated rings. The van der Waals surface area contributed by atoms with Gasteiger partial charge in [0.25, 0.3) is 0 Å². The van der Waals surface area contributed by atoms with Gasteiger partial charge < -0.3 is 4.74 Å². The molecule has 0 atom stereocenters. The summed E-state index contributed by atoms with van der Waals surface area (Å²) in [6.45, 7) is 3.05. The summed E-state index contributed by atoms with van der Waals surface area (Å²) in [5.74, 6) is 0.939. The van der Waals surface area contributed by atoms with Crippen molar-refractivity contribution >= 4 is 15.9 Å². The minimum Gasteiger partial charge on any atom is -0.494 e. The first kappa shape index (κ1) is 17.0. The number of nitrogens with zero attached hydrogens (tertiary/aromatic N) is 1. The van der Waals surface area contributed by atoms with Gasteiger partial charge in [0.05, 0.1) is 12.3 Å². The molecule has 1 heterocycles. The van der Waals surface area contributed by atoms with Gasteiger partial charge in [-0.1, -0.05) is 39.0 Å². The summed E-state index contributed by atoms with van der Waals surface area (Å²) >= 11 is 3.40. The number of aromatic nitrogens is 1. The summed E-state index contributed by atoms with van der Waals surface area (Å²) < 4.78 is 6.79. The lowest BCUT2D eigenvalue weighted by Crippen LogP contribution is -1.97. The molecule has 0 N–H and O–H groups in total. The number of hydrogen-bond donors (Lipinski definition) is 0. The van der Waals surface area contributed by atoms with Crippen molar-refractivity contribution in [3.8, 4) is 17.0 Å². The molecule has 0 amide bonds. The number of rotatable bonds is 9. The van der Waals surface area contributed by atoms with E-state index in [1.54, 1.807) is 0 Å². The molecule has 0 spiro atoms. The van der Waals surface area contributed by atoms with Crippen molar-refractivity contribution in [1.29, 1.82) is 0 Å². The molecule has 0 aliphatic heterocycles. The number of pyridine rings is 1. The van der Waals surface area contributed by atoms with E-state index in [9.17, 15) is 0 Å². The Kier molecular flexibility index (Phi) is 7.44. The van der Waals surface area contributed by atoms with Crippen molar-refractivity contribution in [3.05, 3.63) is 47.1 Å². The monoisotopic (exact) mass is 361 g/mol. The van der Waals surface area contributed by atoms with Gasteiger partial charge >= 0.3 is 0 Å². The zero-order chi connectivity index (χ0) is 15.6. The molecule has 2 rings (SSSR count). The molecule has 0 aliphatic rings. The standard InChI is InChI=1S/C19H24BrNO/c1-2-3-4-5-6-7-14-22-18-11-8-16(9-12-18)19-13-10-17(20)15-21-19/h8-13,15H,2-7,14H2,1H3. The van der Waals surface area contributed by atoms with E-state index in [2.05, 4.69) is 40.0 Å². The Labute approximate surface area is 142 Å². The molecule has 0 unspecified atom stereocenters. The maximum atomic E-state index is 5.79. The quantitative estimate of drug-likeness (QED) is 0.492.